The van der Waals surface area contributed by atoms with Gasteiger partial charge in [-0.1, -0.05) is 30.3 Å². The quantitative estimate of drug-likeness (QED) is 0.639. The Morgan fingerprint density at radius 2 is 1.92 bits per heavy atom. The third kappa shape index (κ3) is 5.04. The largest absolute Gasteiger partial charge is 0.457 e. The zero-order valence-electron chi connectivity index (χ0n) is 12.9. The number of anilines is 1. The number of thiocarbonyl (C=S) groups is 1. The van der Waals surface area contributed by atoms with Gasteiger partial charge >= 0.3 is 0 Å². The van der Waals surface area contributed by atoms with Crippen molar-refractivity contribution in [3.8, 4) is 11.5 Å². The van der Waals surface area contributed by atoms with Crippen molar-refractivity contribution in [2.24, 2.45) is 0 Å². The lowest BCUT2D eigenvalue weighted by molar-refractivity contribution is 0.482. The Morgan fingerprint density at radius 1 is 1.08 bits per heavy atom. The molecule has 6 heteroatoms. The van der Waals surface area contributed by atoms with Crippen LogP contribution in [0.3, 0.4) is 0 Å². The molecule has 2 aromatic carbocycles. The number of rotatable bonds is 6. The van der Waals surface area contributed by atoms with E-state index >= 15 is 0 Å². The Balaban J connectivity index is 1.48. The number of hydrogen-bond donors (Lipinski definition) is 2. The van der Waals surface area contributed by atoms with E-state index in [0.29, 0.717) is 5.11 Å². The fourth-order valence-electron chi connectivity index (χ4n) is 2.14. The van der Waals surface area contributed by atoms with Gasteiger partial charge in [0.2, 0.25) is 0 Å². The minimum atomic E-state index is 0.585. The molecule has 1 aromatic heterocycles. The highest BCUT2D eigenvalue weighted by atomic mass is 32.1. The molecular weight excluding hydrogens is 338 g/mol. The summed E-state index contributed by atoms with van der Waals surface area (Å²) < 4.78 is 5.85. The fourth-order valence-corrected chi connectivity index (χ4v) is 2.93. The van der Waals surface area contributed by atoms with Crippen molar-refractivity contribution in [2.75, 3.05) is 11.9 Å². The summed E-state index contributed by atoms with van der Waals surface area (Å²) in [6.45, 7) is 0.742. The first-order valence-corrected chi connectivity index (χ1v) is 8.84. The summed E-state index contributed by atoms with van der Waals surface area (Å²) >= 11 is 6.77. The van der Waals surface area contributed by atoms with Crippen molar-refractivity contribution in [3.63, 3.8) is 0 Å². The lowest BCUT2D eigenvalue weighted by Gasteiger charge is -2.10. The first kappa shape index (κ1) is 16.4. The van der Waals surface area contributed by atoms with Gasteiger partial charge in [0.25, 0.3) is 0 Å². The Morgan fingerprint density at radius 3 is 2.71 bits per heavy atom. The van der Waals surface area contributed by atoms with E-state index in [0.717, 1.165) is 29.6 Å². The minimum Gasteiger partial charge on any atom is -0.457 e. The number of nitrogens with one attached hydrogen (secondary N) is 2. The highest BCUT2D eigenvalue weighted by molar-refractivity contribution is 7.80. The third-order valence-corrected chi connectivity index (χ3v) is 4.16. The van der Waals surface area contributed by atoms with Gasteiger partial charge in [-0.15, -0.1) is 11.3 Å². The molecule has 3 aromatic rings. The summed E-state index contributed by atoms with van der Waals surface area (Å²) in [5, 5.41) is 9.53. The summed E-state index contributed by atoms with van der Waals surface area (Å²) in [5.41, 5.74) is 1.19. The predicted molar refractivity (Wildman–Crippen MR) is 103 cm³/mol. The average Bonchev–Trinajstić information content (AvgIpc) is 3.09. The van der Waals surface area contributed by atoms with E-state index in [9.17, 15) is 0 Å². The molecule has 24 heavy (non-hydrogen) atoms. The van der Waals surface area contributed by atoms with Crippen LogP contribution in [-0.4, -0.2) is 16.6 Å². The molecule has 4 nitrogen and oxygen atoms in total. The lowest BCUT2D eigenvalue weighted by Crippen LogP contribution is -2.30. The van der Waals surface area contributed by atoms with Crippen molar-refractivity contribution >= 4 is 33.8 Å². The highest BCUT2D eigenvalue weighted by Crippen LogP contribution is 2.21. The zero-order chi connectivity index (χ0) is 16.6. The normalized spacial score (nSPS) is 10.2. The van der Waals surface area contributed by atoms with Crippen LogP contribution < -0.4 is 15.4 Å². The second-order valence-corrected chi connectivity index (χ2v) is 6.33. The van der Waals surface area contributed by atoms with Gasteiger partial charge in [-0.25, -0.2) is 4.98 Å². The maximum atomic E-state index is 5.85. The van der Waals surface area contributed by atoms with Crippen LogP contribution in [-0.2, 0) is 6.42 Å². The monoisotopic (exact) mass is 355 g/mol. The molecule has 1 heterocycles. The fraction of sp³-hybridized carbons (Fsp3) is 0.111. The second kappa shape index (κ2) is 8.42. The Hall–Kier alpha value is -2.44. The van der Waals surface area contributed by atoms with Gasteiger partial charge in [-0.2, -0.15) is 0 Å². The van der Waals surface area contributed by atoms with Crippen molar-refractivity contribution in [2.45, 2.75) is 6.42 Å². The summed E-state index contributed by atoms with van der Waals surface area (Å²) in [4.78, 5) is 4.14. The summed E-state index contributed by atoms with van der Waals surface area (Å²) in [6, 6.07) is 17.9. The van der Waals surface area contributed by atoms with Crippen LogP contribution in [0.25, 0.3) is 0 Å². The van der Waals surface area contributed by atoms with E-state index in [1.54, 1.807) is 6.20 Å². The molecule has 0 spiro atoms. The number of para-hydroxylation sites is 1. The molecule has 122 valence electrons. The molecule has 0 amide bonds. The molecule has 0 atom stereocenters. The second-order valence-electron chi connectivity index (χ2n) is 5.03. The molecule has 0 fully saturated rings. The van der Waals surface area contributed by atoms with Crippen molar-refractivity contribution in [1.82, 2.24) is 10.3 Å². The number of hydrogen-bond acceptors (Lipinski definition) is 4. The van der Waals surface area contributed by atoms with Crippen LogP contribution in [0.4, 0.5) is 5.13 Å². The van der Waals surface area contributed by atoms with Crippen LogP contribution in [0.15, 0.2) is 66.2 Å². The molecular formula is C18H17N3OS2. The molecule has 0 bridgehead atoms. The minimum absolute atomic E-state index is 0.585. The molecule has 2 N–H and O–H groups in total. The van der Waals surface area contributed by atoms with Gasteiger partial charge in [0, 0.05) is 18.1 Å². The molecule has 0 unspecified atom stereocenters. The Kier molecular flexibility index (Phi) is 5.76. The van der Waals surface area contributed by atoms with E-state index in [-0.39, 0.29) is 0 Å². The highest BCUT2D eigenvalue weighted by Gasteiger charge is 2.01. The Labute approximate surface area is 150 Å². The van der Waals surface area contributed by atoms with Gasteiger partial charge in [0.15, 0.2) is 10.2 Å². The lowest BCUT2D eigenvalue weighted by atomic mass is 10.1. The molecule has 0 saturated heterocycles. The van der Waals surface area contributed by atoms with Crippen molar-refractivity contribution in [3.05, 3.63) is 71.7 Å². The summed E-state index contributed by atoms with van der Waals surface area (Å²) in [6.07, 6.45) is 2.60. The van der Waals surface area contributed by atoms with Crippen molar-refractivity contribution in [1.29, 1.82) is 0 Å². The zero-order valence-corrected chi connectivity index (χ0v) is 14.6. The first-order chi connectivity index (χ1) is 11.8. The Bertz CT molecular complexity index is 776. The van der Waals surface area contributed by atoms with E-state index < -0.39 is 0 Å². The van der Waals surface area contributed by atoms with E-state index in [2.05, 4.69) is 21.7 Å². The van der Waals surface area contributed by atoms with Gasteiger partial charge in [-0.05, 0) is 48.5 Å². The van der Waals surface area contributed by atoms with Crippen LogP contribution >= 0.6 is 23.6 Å². The SMILES string of the molecule is S=C(NCCc1cccc(Oc2ccccc2)c1)Nc1nccs1. The van der Waals surface area contributed by atoms with Crippen LogP contribution in [0, 0.1) is 0 Å². The molecule has 0 aliphatic carbocycles. The maximum absolute atomic E-state index is 5.85. The molecule has 0 aliphatic rings. The van der Waals surface area contributed by atoms with Crippen molar-refractivity contribution < 1.29 is 4.74 Å². The van der Waals surface area contributed by atoms with E-state index in [1.165, 1.54) is 16.9 Å². The van der Waals surface area contributed by atoms with Gasteiger partial charge in [0.1, 0.15) is 11.5 Å². The maximum Gasteiger partial charge on any atom is 0.188 e. The topological polar surface area (TPSA) is 46.2 Å². The molecule has 0 saturated carbocycles. The number of thiazole rings is 1. The van der Waals surface area contributed by atoms with Gasteiger partial charge in [0.05, 0.1) is 0 Å². The van der Waals surface area contributed by atoms with Crippen LogP contribution in [0.5, 0.6) is 11.5 Å². The van der Waals surface area contributed by atoms with Crippen LogP contribution in [0.1, 0.15) is 5.56 Å². The standard InChI is InChI=1S/C18H17N3OS2/c23-17(21-18-20-11-12-24-18)19-10-9-14-5-4-8-16(13-14)22-15-6-2-1-3-7-15/h1-8,11-13H,9-10H2,(H2,19,20,21,23). The predicted octanol–water partition coefficient (Wildman–Crippen LogP) is 4.46. The van der Waals surface area contributed by atoms with Gasteiger partial charge < -0.3 is 15.4 Å². The average molecular weight is 355 g/mol. The van der Waals surface area contributed by atoms with E-state index in [4.69, 9.17) is 17.0 Å². The molecule has 0 aliphatic heterocycles. The molecule has 0 radical (unpaired) electrons. The van der Waals surface area contributed by atoms with E-state index in [1.807, 2.05) is 53.9 Å². The van der Waals surface area contributed by atoms with Gasteiger partial charge in [-0.3, -0.25) is 0 Å². The number of ether oxygens (including phenoxy) is 1. The first-order valence-electron chi connectivity index (χ1n) is 7.56. The number of benzene rings is 2. The number of nitrogens with zero attached hydrogens (tertiary/aromatic N) is 1. The molecule has 3 rings (SSSR count). The summed E-state index contributed by atoms with van der Waals surface area (Å²) in [7, 11) is 0. The number of aromatic nitrogens is 1. The van der Waals surface area contributed by atoms with Crippen LogP contribution in [0.2, 0.25) is 0 Å². The third-order valence-electron chi connectivity index (χ3n) is 3.23. The summed E-state index contributed by atoms with van der Waals surface area (Å²) in [5.74, 6) is 1.67. The smallest absolute Gasteiger partial charge is 0.188 e.